The molecule has 1 saturated heterocycles. The van der Waals surface area contributed by atoms with E-state index < -0.39 is 39.7 Å². The van der Waals surface area contributed by atoms with Crippen molar-refractivity contribution in [2.24, 2.45) is 0 Å². The van der Waals surface area contributed by atoms with Gasteiger partial charge in [-0.15, -0.1) is 0 Å². The first-order valence-electron chi connectivity index (χ1n) is 12.3. The van der Waals surface area contributed by atoms with Gasteiger partial charge in [-0.1, -0.05) is 0 Å². The first-order valence-corrected chi connectivity index (χ1v) is 19.7. The third kappa shape index (κ3) is 9.48. The first kappa shape index (κ1) is 35.4. The molecule has 13 nitrogen and oxygen atoms in total. The Balaban J connectivity index is 3.38. The van der Waals surface area contributed by atoms with E-state index in [1.54, 1.807) is 56.9 Å². The van der Waals surface area contributed by atoms with Crippen molar-refractivity contribution >= 4 is 34.2 Å². The minimum absolute atomic E-state index is 0.124. The average Bonchev–Trinajstić information content (AvgIpc) is 3.34. The van der Waals surface area contributed by atoms with Crippen molar-refractivity contribution in [3.8, 4) is 0 Å². The summed E-state index contributed by atoms with van der Waals surface area (Å²) in [5.74, 6) is 0. The van der Waals surface area contributed by atoms with Crippen molar-refractivity contribution in [1.82, 2.24) is 4.57 Å². The highest BCUT2D eigenvalue weighted by Gasteiger charge is 2.56. The van der Waals surface area contributed by atoms with E-state index in [2.05, 4.69) is 4.57 Å². The van der Waals surface area contributed by atoms with Gasteiger partial charge in [0, 0.05) is 80.5 Å². The molecule has 0 aliphatic carbocycles. The number of rotatable bonds is 21. The largest absolute Gasteiger partial charge is 0.500 e. The van der Waals surface area contributed by atoms with Crippen LogP contribution in [0.5, 0.6) is 0 Å². The van der Waals surface area contributed by atoms with E-state index >= 15 is 0 Å². The van der Waals surface area contributed by atoms with Crippen LogP contribution in [-0.4, -0.2) is 116 Å². The van der Waals surface area contributed by atoms with E-state index in [0.717, 1.165) is 19.0 Å². The minimum atomic E-state index is -4.64. The molecule has 1 rings (SSSR count). The van der Waals surface area contributed by atoms with E-state index in [-0.39, 0.29) is 6.61 Å². The molecule has 0 aromatic rings. The van der Waals surface area contributed by atoms with Gasteiger partial charge in [-0.05, 0) is 45.1 Å². The maximum absolute atomic E-state index is 11.5. The van der Waals surface area contributed by atoms with Gasteiger partial charge < -0.3 is 45.2 Å². The summed E-state index contributed by atoms with van der Waals surface area (Å²) in [5, 5.41) is 0. The van der Waals surface area contributed by atoms with Crippen LogP contribution in [0.25, 0.3) is 0 Å². The van der Waals surface area contributed by atoms with E-state index in [4.69, 9.17) is 39.9 Å². The molecule has 0 aromatic heterocycles. The highest BCUT2D eigenvalue weighted by atomic mass is 31.2. The highest BCUT2D eigenvalue weighted by molar-refractivity contribution is 7.46. The molecule has 222 valence electrons. The van der Waals surface area contributed by atoms with Crippen LogP contribution >= 0.6 is 7.82 Å². The molecule has 17 heteroatoms. The summed E-state index contributed by atoms with van der Waals surface area (Å²) in [5.41, 5.74) is -0.547. The summed E-state index contributed by atoms with van der Waals surface area (Å²) < 4.78 is 64.6. The van der Waals surface area contributed by atoms with Crippen molar-refractivity contribution in [2.45, 2.75) is 62.2 Å². The van der Waals surface area contributed by atoms with Gasteiger partial charge >= 0.3 is 34.2 Å². The van der Waals surface area contributed by atoms with Crippen molar-refractivity contribution in [3.05, 3.63) is 0 Å². The summed E-state index contributed by atoms with van der Waals surface area (Å²) in [6.07, 6.45) is 3.95. The Hall–Kier alpha value is 0.401. The van der Waals surface area contributed by atoms with Crippen LogP contribution in [0.15, 0.2) is 0 Å². The van der Waals surface area contributed by atoms with Crippen molar-refractivity contribution in [2.75, 3.05) is 70.0 Å². The molecule has 0 aromatic carbocycles. The van der Waals surface area contributed by atoms with Gasteiger partial charge in [0.1, 0.15) is 0 Å². The second kappa shape index (κ2) is 16.0. The molecule has 37 heavy (non-hydrogen) atoms. The van der Waals surface area contributed by atoms with Crippen LogP contribution in [0.3, 0.4) is 0 Å². The molecule has 0 radical (unpaired) electrons. The minimum Gasteiger partial charge on any atom is -0.386 e. The van der Waals surface area contributed by atoms with E-state index in [1.807, 2.05) is 0 Å². The van der Waals surface area contributed by atoms with Gasteiger partial charge in [-0.3, -0.25) is 9.09 Å². The summed E-state index contributed by atoms with van der Waals surface area (Å²) in [6, 6.07) is 1.95. The SMILES string of the molecule is CO[Si](CCCC(CCC[Si](OC)(OC)OC)(CCOP(=O)(O)O)N1CCC[Si]1(OC)OC)(OC)OC. The molecule has 0 bridgehead atoms. The molecule has 2 N–H and O–H groups in total. The van der Waals surface area contributed by atoms with Gasteiger partial charge in [0.25, 0.3) is 0 Å². The molecule has 1 heterocycles. The maximum atomic E-state index is 11.5. The number of hydrogen-bond acceptors (Lipinski definition) is 11. The molecule has 1 aliphatic heterocycles. The summed E-state index contributed by atoms with van der Waals surface area (Å²) >= 11 is 0. The van der Waals surface area contributed by atoms with Gasteiger partial charge in [0.05, 0.1) is 6.61 Å². The Kier molecular flexibility index (Phi) is 15.3. The number of hydrogen-bond donors (Lipinski definition) is 2. The van der Waals surface area contributed by atoms with Crippen molar-refractivity contribution < 1.29 is 54.3 Å². The molecular formula is C20H48NO12PSi3. The molecule has 0 saturated carbocycles. The zero-order valence-corrected chi connectivity index (χ0v) is 27.5. The van der Waals surface area contributed by atoms with Crippen LogP contribution in [0.1, 0.15) is 38.5 Å². The fourth-order valence-electron chi connectivity index (χ4n) is 5.39. The van der Waals surface area contributed by atoms with Gasteiger partial charge in [-0.25, -0.2) is 4.57 Å². The Morgan fingerprint density at radius 3 is 1.57 bits per heavy atom. The lowest BCUT2D eigenvalue weighted by Crippen LogP contribution is -2.64. The van der Waals surface area contributed by atoms with E-state index in [1.165, 1.54) is 0 Å². The molecule has 1 fully saturated rings. The molecule has 0 amide bonds. The maximum Gasteiger partial charge on any atom is 0.500 e. The Bertz CT molecular complexity index is 649. The summed E-state index contributed by atoms with van der Waals surface area (Å²) in [6.45, 7) is 0.619. The third-order valence-corrected chi connectivity index (χ3v) is 17.4. The molecule has 0 unspecified atom stereocenters. The monoisotopic (exact) mass is 609 g/mol. The lowest BCUT2D eigenvalue weighted by atomic mass is 9.85. The molecule has 0 atom stereocenters. The Labute approximate surface area is 225 Å². The molecule has 0 spiro atoms. The zero-order chi connectivity index (χ0) is 28.2. The predicted molar refractivity (Wildman–Crippen MR) is 143 cm³/mol. The van der Waals surface area contributed by atoms with Crippen molar-refractivity contribution in [3.63, 3.8) is 0 Å². The smallest absolute Gasteiger partial charge is 0.386 e. The summed E-state index contributed by atoms with van der Waals surface area (Å²) in [4.78, 5) is 18.8. The quantitative estimate of drug-likeness (QED) is 0.145. The topological polar surface area (TPSA) is 144 Å². The van der Waals surface area contributed by atoms with E-state index in [9.17, 15) is 14.4 Å². The summed E-state index contributed by atoms with van der Waals surface area (Å²) in [7, 11) is -0.225. The van der Waals surface area contributed by atoms with Crippen molar-refractivity contribution in [1.29, 1.82) is 0 Å². The second-order valence-corrected chi connectivity index (χ2v) is 19.7. The fourth-order valence-corrected chi connectivity index (χ4v) is 12.6. The normalized spacial score (nSPS) is 17.6. The second-order valence-electron chi connectivity index (χ2n) is 8.97. The lowest BCUT2D eigenvalue weighted by molar-refractivity contribution is 0.0565. The van der Waals surface area contributed by atoms with Gasteiger partial charge in [0.15, 0.2) is 0 Å². The fraction of sp³-hybridized carbons (Fsp3) is 1.00. The van der Waals surface area contributed by atoms with Crippen LogP contribution in [0.2, 0.25) is 18.1 Å². The third-order valence-electron chi connectivity index (χ3n) is 7.44. The Morgan fingerprint density at radius 2 is 1.22 bits per heavy atom. The predicted octanol–water partition coefficient (Wildman–Crippen LogP) is 2.48. The van der Waals surface area contributed by atoms with Gasteiger partial charge in [-0.2, -0.15) is 0 Å². The lowest BCUT2D eigenvalue weighted by Gasteiger charge is -2.48. The van der Waals surface area contributed by atoms with Gasteiger partial charge in [0.2, 0.25) is 0 Å². The first-order chi connectivity index (χ1) is 17.4. The van der Waals surface area contributed by atoms with E-state index in [0.29, 0.717) is 44.2 Å². The van der Waals surface area contributed by atoms with Crippen LogP contribution in [0.4, 0.5) is 0 Å². The number of nitrogens with zero attached hydrogens (tertiary/aromatic N) is 1. The molecular weight excluding hydrogens is 561 g/mol. The zero-order valence-electron chi connectivity index (χ0n) is 23.6. The standard InChI is InChI=1S/C20H48NO12PSi3/c1-25-35(26-2)17-11-15-21(35)20(14-16-33-34(22,23)24,12-9-18-36(27-3,28-4)29-5)13-10-19-37(30-6,31-7)32-8/h9-19H2,1-8H3,(H2,22,23,24). The molecule has 1 aliphatic rings. The number of phosphoric ester groups is 1. The highest BCUT2D eigenvalue weighted by Crippen LogP contribution is 2.44. The van der Waals surface area contributed by atoms with Crippen LogP contribution in [-0.2, 0) is 44.5 Å². The Morgan fingerprint density at radius 1 is 0.784 bits per heavy atom. The van der Waals surface area contributed by atoms with Crippen LogP contribution < -0.4 is 0 Å². The number of phosphoric acid groups is 1. The average molecular weight is 610 g/mol. The van der Waals surface area contributed by atoms with Crippen LogP contribution in [0, 0.1) is 0 Å².